The molecule has 1 unspecified atom stereocenters. The molecule has 184 valence electrons. The van der Waals surface area contributed by atoms with Crippen LogP contribution in [0.4, 0.5) is 0 Å². The van der Waals surface area contributed by atoms with Crippen molar-refractivity contribution in [2.45, 2.75) is 118 Å². The van der Waals surface area contributed by atoms with Crippen molar-refractivity contribution >= 4 is 58.2 Å². The number of aromatic nitrogens is 2. The van der Waals surface area contributed by atoms with Crippen LogP contribution in [0.1, 0.15) is 80.1 Å². The summed E-state index contributed by atoms with van der Waals surface area (Å²) in [6, 6.07) is 0. The molecule has 32 heavy (non-hydrogen) atoms. The molecule has 0 fully saturated rings. The molecule has 3 nitrogen and oxygen atoms in total. The molecule has 0 amide bonds. The average Bonchev–Trinajstić information content (AvgIpc) is 3.31. The van der Waals surface area contributed by atoms with Crippen LogP contribution < -0.4 is 2.89 Å². The molecule has 0 saturated carbocycles. The number of thiazole rings is 1. The summed E-state index contributed by atoms with van der Waals surface area (Å²) in [5.74, 6) is 0.991. The summed E-state index contributed by atoms with van der Waals surface area (Å²) in [6.45, 7) is 18.6. The van der Waals surface area contributed by atoms with E-state index in [0.29, 0.717) is 0 Å². The van der Waals surface area contributed by atoms with Gasteiger partial charge in [-0.2, -0.15) is 0 Å². The summed E-state index contributed by atoms with van der Waals surface area (Å²) in [4.78, 5) is 6.19. The second kappa shape index (κ2) is 13.5. The molecule has 0 aliphatic carbocycles. The van der Waals surface area contributed by atoms with Gasteiger partial charge in [0.25, 0.3) is 0 Å². The minimum absolute atomic E-state index is 0.162. The van der Waals surface area contributed by atoms with Gasteiger partial charge in [-0.1, -0.05) is 0 Å². The van der Waals surface area contributed by atoms with Crippen LogP contribution in [0.2, 0.25) is 26.4 Å². The van der Waals surface area contributed by atoms with Gasteiger partial charge in [0.2, 0.25) is 0 Å². The van der Waals surface area contributed by atoms with Crippen molar-refractivity contribution < 1.29 is 4.43 Å². The SMILES string of the molecule is CCC[CH2][Sn]([CH2]CCC)([CH2]CCC)[c]1cn2cnc(SCC(O[SiH](C)C)C(C)(C)C)c2s1. The number of thioether (sulfide) groups is 1. The van der Waals surface area contributed by atoms with E-state index >= 15 is 0 Å². The maximum atomic E-state index is 6.41. The number of nitrogens with zero attached hydrogens (tertiary/aromatic N) is 2. The van der Waals surface area contributed by atoms with Crippen LogP contribution in [0.5, 0.6) is 0 Å². The molecule has 0 aliphatic rings. The molecule has 1 atom stereocenters. The molecule has 2 aromatic rings. The molecule has 7 heteroatoms. The Labute approximate surface area is 212 Å². The number of rotatable bonds is 15. The van der Waals surface area contributed by atoms with Crippen molar-refractivity contribution in [1.82, 2.24) is 9.38 Å². The fraction of sp³-hybridized carbons (Fsp3) is 0.800. The Balaban J connectivity index is 2.31. The molecule has 2 aromatic heterocycles. The Bertz CT molecular complexity index is 778. The summed E-state index contributed by atoms with van der Waals surface area (Å²) in [6.07, 6.45) is 13.1. The van der Waals surface area contributed by atoms with E-state index in [4.69, 9.17) is 9.41 Å². The van der Waals surface area contributed by atoms with E-state index in [-0.39, 0.29) is 11.5 Å². The molecule has 0 radical (unpaired) electrons. The number of fused-ring (bicyclic) bond motifs is 1. The number of unbranched alkanes of at least 4 members (excludes halogenated alkanes) is 3. The summed E-state index contributed by atoms with van der Waals surface area (Å²) < 4.78 is 15.2. The molecule has 2 heterocycles. The van der Waals surface area contributed by atoms with Crippen LogP contribution >= 0.6 is 23.1 Å². The normalized spacial score (nSPS) is 14.0. The van der Waals surface area contributed by atoms with Crippen LogP contribution in [0.25, 0.3) is 4.83 Å². The standard InChI is InChI=1S/C13H21N2OS2Si.3C4H9.Sn/c1-13(2,3)10(16-19(4)5)8-18-11-12-15(9-14-11)6-7-17-12;3*1-3-4-2;/h6,9-10,19H,8H2,1-5H3;3*1,3-4H2,2H3;. The average molecular weight is 604 g/mol. The zero-order valence-electron chi connectivity index (χ0n) is 22.0. The van der Waals surface area contributed by atoms with E-state index in [1.165, 1.54) is 61.7 Å². The first-order valence-electron chi connectivity index (χ1n) is 12.9. The summed E-state index contributed by atoms with van der Waals surface area (Å²) in [5, 5.41) is 1.21. The molecular formula is C25H48N2OS2SiSn. The molecular weight excluding hydrogens is 555 g/mol. The van der Waals surface area contributed by atoms with Gasteiger partial charge in [0.15, 0.2) is 0 Å². The van der Waals surface area contributed by atoms with E-state index in [9.17, 15) is 0 Å². The first-order chi connectivity index (χ1) is 15.2. The Morgan fingerprint density at radius 3 is 2.09 bits per heavy atom. The van der Waals surface area contributed by atoms with E-state index in [1.54, 1.807) is 2.89 Å². The number of hydrogen-bond donors (Lipinski definition) is 0. The molecule has 0 spiro atoms. The van der Waals surface area contributed by atoms with Gasteiger partial charge in [-0.3, -0.25) is 0 Å². The third-order valence-corrected chi connectivity index (χ3v) is 27.8. The second-order valence-corrected chi connectivity index (χ2v) is 29.4. The zero-order valence-corrected chi connectivity index (χ0v) is 27.6. The van der Waals surface area contributed by atoms with E-state index in [1.807, 2.05) is 11.8 Å². The van der Waals surface area contributed by atoms with Crippen LogP contribution in [-0.2, 0) is 4.43 Å². The molecule has 0 saturated heterocycles. The molecule has 2 rings (SSSR count). The quantitative estimate of drug-likeness (QED) is 0.153. The van der Waals surface area contributed by atoms with Crippen molar-refractivity contribution in [3.63, 3.8) is 0 Å². The van der Waals surface area contributed by atoms with Gasteiger partial charge >= 0.3 is 213 Å². The predicted octanol–water partition coefficient (Wildman–Crippen LogP) is 7.96. The molecule has 0 N–H and O–H groups in total. The third-order valence-electron chi connectivity index (χ3n) is 6.50. The Hall–Kier alpha value is 0.496. The van der Waals surface area contributed by atoms with Gasteiger partial charge < -0.3 is 0 Å². The van der Waals surface area contributed by atoms with Gasteiger partial charge in [-0.05, 0) is 0 Å². The van der Waals surface area contributed by atoms with Crippen LogP contribution in [-0.4, -0.2) is 48.7 Å². The van der Waals surface area contributed by atoms with Crippen LogP contribution in [0.15, 0.2) is 17.6 Å². The van der Waals surface area contributed by atoms with E-state index in [0.717, 1.165) is 5.75 Å². The van der Waals surface area contributed by atoms with Crippen molar-refractivity contribution in [2.24, 2.45) is 5.41 Å². The Kier molecular flexibility index (Phi) is 12.2. The number of hydrogen-bond acceptors (Lipinski definition) is 4. The van der Waals surface area contributed by atoms with E-state index < -0.39 is 27.4 Å². The van der Waals surface area contributed by atoms with Gasteiger partial charge in [-0.15, -0.1) is 0 Å². The van der Waals surface area contributed by atoms with Gasteiger partial charge in [-0.25, -0.2) is 0 Å². The zero-order chi connectivity index (χ0) is 23.8. The van der Waals surface area contributed by atoms with Crippen LogP contribution in [0, 0.1) is 5.41 Å². The fourth-order valence-corrected chi connectivity index (χ4v) is 27.2. The van der Waals surface area contributed by atoms with E-state index in [2.05, 4.69) is 82.9 Å². The molecule has 0 bridgehead atoms. The van der Waals surface area contributed by atoms with Crippen molar-refractivity contribution in [3.05, 3.63) is 12.5 Å². The summed E-state index contributed by atoms with van der Waals surface area (Å²) in [5.41, 5.74) is 0.162. The maximum absolute atomic E-state index is 6.41. The minimum atomic E-state index is -2.38. The predicted molar refractivity (Wildman–Crippen MR) is 152 cm³/mol. The topological polar surface area (TPSA) is 26.5 Å². The van der Waals surface area contributed by atoms with Gasteiger partial charge in [0.1, 0.15) is 0 Å². The Morgan fingerprint density at radius 2 is 1.62 bits per heavy atom. The summed E-state index contributed by atoms with van der Waals surface area (Å²) >= 11 is 1.63. The Morgan fingerprint density at radius 1 is 1.06 bits per heavy atom. The van der Waals surface area contributed by atoms with Crippen molar-refractivity contribution in [2.75, 3.05) is 5.75 Å². The van der Waals surface area contributed by atoms with Gasteiger partial charge in [0, 0.05) is 0 Å². The van der Waals surface area contributed by atoms with Crippen molar-refractivity contribution in [1.29, 1.82) is 0 Å². The third kappa shape index (κ3) is 8.03. The fourth-order valence-electron chi connectivity index (χ4n) is 4.39. The van der Waals surface area contributed by atoms with Gasteiger partial charge in [0.05, 0.1) is 0 Å². The summed E-state index contributed by atoms with van der Waals surface area (Å²) in [7, 11) is -1.07. The second-order valence-electron chi connectivity index (χ2n) is 10.8. The van der Waals surface area contributed by atoms with Crippen molar-refractivity contribution in [3.8, 4) is 0 Å². The first-order valence-corrected chi connectivity index (χ1v) is 25.0. The van der Waals surface area contributed by atoms with Crippen LogP contribution in [0.3, 0.4) is 0 Å². The monoisotopic (exact) mass is 604 g/mol. The molecule has 0 aromatic carbocycles. The first kappa shape index (κ1) is 28.7. The number of imidazole rings is 1. The molecule has 0 aliphatic heterocycles.